The Hall–Kier alpha value is -1.35. The molecular formula is C12H14O3. The van der Waals surface area contributed by atoms with Gasteiger partial charge >= 0.3 is 5.97 Å². The van der Waals surface area contributed by atoms with Gasteiger partial charge in [0.25, 0.3) is 0 Å². The van der Waals surface area contributed by atoms with Crippen molar-refractivity contribution in [2.45, 2.75) is 25.6 Å². The van der Waals surface area contributed by atoms with Crippen molar-refractivity contribution in [2.24, 2.45) is 0 Å². The van der Waals surface area contributed by atoms with Gasteiger partial charge in [0.05, 0.1) is 12.7 Å². The molecule has 0 N–H and O–H groups in total. The van der Waals surface area contributed by atoms with E-state index in [1.165, 1.54) is 5.56 Å². The van der Waals surface area contributed by atoms with Crippen LogP contribution in [0.15, 0.2) is 30.3 Å². The lowest BCUT2D eigenvalue weighted by Crippen LogP contribution is -2.14. The number of hydrogen-bond acceptors (Lipinski definition) is 3. The maximum Gasteiger partial charge on any atom is 0.338 e. The maximum atomic E-state index is 11.3. The zero-order valence-corrected chi connectivity index (χ0v) is 8.68. The summed E-state index contributed by atoms with van der Waals surface area (Å²) in [5.74, 6) is -0.238. The zero-order valence-electron chi connectivity index (χ0n) is 8.68. The summed E-state index contributed by atoms with van der Waals surface area (Å²) < 4.78 is 10.1. The van der Waals surface area contributed by atoms with E-state index in [0.29, 0.717) is 6.61 Å². The van der Waals surface area contributed by atoms with Gasteiger partial charge in [-0.2, -0.15) is 0 Å². The summed E-state index contributed by atoms with van der Waals surface area (Å²) in [5, 5.41) is 0. The molecule has 1 aliphatic rings. The van der Waals surface area contributed by atoms with Crippen molar-refractivity contribution in [3.63, 3.8) is 0 Å². The Labute approximate surface area is 89.0 Å². The largest absolute Gasteiger partial charge is 0.464 e. The van der Waals surface area contributed by atoms with E-state index in [1.807, 2.05) is 30.3 Å². The fourth-order valence-electron chi connectivity index (χ4n) is 1.58. The molecule has 1 aromatic rings. The van der Waals surface area contributed by atoms with E-state index in [1.54, 1.807) is 6.92 Å². The van der Waals surface area contributed by atoms with Crippen molar-refractivity contribution in [3.05, 3.63) is 35.9 Å². The third-order valence-corrected chi connectivity index (χ3v) is 2.38. The SMILES string of the molecule is CCOC(=O)[C@H]1O[C@H]1Cc1ccccc1. The Balaban J connectivity index is 1.83. The highest BCUT2D eigenvalue weighted by Gasteiger charge is 2.45. The number of carbonyl (C=O) groups excluding carboxylic acids is 1. The minimum absolute atomic E-state index is 0.00597. The Morgan fingerprint density at radius 1 is 1.40 bits per heavy atom. The molecule has 15 heavy (non-hydrogen) atoms. The second-order valence-electron chi connectivity index (χ2n) is 3.54. The fourth-order valence-corrected chi connectivity index (χ4v) is 1.58. The van der Waals surface area contributed by atoms with Gasteiger partial charge in [-0.05, 0) is 12.5 Å². The van der Waals surface area contributed by atoms with Gasteiger partial charge in [-0.15, -0.1) is 0 Å². The highest BCUT2D eigenvalue weighted by molar-refractivity contribution is 5.78. The fraction of sp³-hybridized carbons (Fsp3) is 0.417. The normalized spacial score (nSPS) is 23.5. The second-order valence-corrected chi connectivity index (χ2v) is 3.54. The van der Waals surface area contributed by atoms with E-state index in [9.17, 15) is 4.79 Å². The van der Waals surface area contributed by atoms with Crippen molar-refractivity contribution in [1.82, 2.24) is 0 Å². The number of carbonyl (C=O) groups is 1. The summed E-state index contributed by atoms with van der Waals surface area (Å²) in [6.07, 6.45) is 0.446. The van der Waals surface area contributed by atoms with Crippen LogP contribution in [0.1, 0.15) is 12.5 Å². The Kier molecular flexibility index (Phi) is 3.02. The van der Waals surface area contributed by atoms with Crippen LogP contribution in [0.3, 0.4) is 0 Å². The maximum absolute atomic E-state index is 11.3. The summed E-state index contributed by atoms with van der Waals surface area (Å²) in [6, 6.07) is 10.0. The molecule has 0 amide bonds. The molecule has 0 bridgehead atoms. The van der Waals surface area contributed by atoms with Gasteiger partial charge in [0.15, 0.2) is 6.10 Å². The summed E-state index contributed by atoms with van der Waals surface area (Å²) >= 11 is 0. The Morgan fingerprint density at radius 3 is 2.80 bits per heavy atom. The molecule has 0 radical (unpaired) electrons. The Bertz CT molecular complexity index is 334. The highest BCUT2D eigenvalue weighted by atomic mass is 16.6. The van der Waals surface area contributed by atoms with Gasteiger partial charge in [0, 0.05) is 6.42 Å². The van der Waals surface area contributed by atoms with Crippen LogP contribution < -0.4 is 0 Å². The van der Waals surface area contributed by atoms with Crippen LogP contribution in [-0.2, 0) is 20.7 Å². The van der Waals surface area contributed by atoms with E-state index in [-0.39, 0.29) is 18.2 Å². The first-order chi connectivity index (χ1) is 7.31. The summed E-state index contributed by atoms with van der Waals surface area (Å²) in [7, 11) is 0. The molecule has 1 heterocycles. The molecule has 0 unspecified atom stereocenters. The summed E-state index contributed by atoms with van der Waals surface area (Å²) in [4.78, 5) is 11.3. The van der Waals surface area contributed by atoms with Gasteiger partial charge in [0.1, 0.15) is 0 Å². The van der Waals surface area contributed by atoms with E-state index >= 15 is 0 Å². The van der Waals surface area contributed by atoms with E-state index < -0.39 is 0 Å². The van der Waals surface area contributed by atoms with Crippen LogP contribution >= 0.6 is 0 Å². The first-order valence-corrected chi connectivity index (χ1v) is 5.17. The molecule has 0 spiro atoms. The number of esters is 1. The molecule has 2 atom stereocenters. The van der Waals surface area contributed by atoms with Crippen molar-refractivity contribution in [2.75, 3.05) is 6.61 Å². The van der Waals surface area contributed by atoms with Crippen molar-refractivity contribution in [1.29, 1.82) is 0 Å². The van der Waals surface area contributed by atoms with Gasteiger partial charge in [-0.25, -0.2) is 4.79 Å². The zero-order chi connectivity index (χ0) is 10.7. The van der Waals surface area contributed by atoms with Crippen LogP contribution in [0.25, 0.3) is 0 Å². The standard InChI is InChI=1S/C12H14O3/c1-2-14-12(13)11-10(15-11)8-9-6-4-3-5-7-9/h3-7,10-11H,2,8H2,1H3/t10-,11-/m0/s1. The molecule has 0 aliphatic carbocycles. The minimum atomic E-state index is -0.342. The lowest BCUT2D eigenvalue weighted by Gasteiger charge is -1.97. The molecule has 1 fully saturated rings. The van der Waals surface area contributed by atoms with E-state index in [2.05, 4.69) is 0 Å². The van der Waals surface area contributed by atoms with Gasteiger partial charge in [-0.3, -0.25) is 0 Å². The highest BCUT2D eigenvalue weighted by Crippen LogP contribution is 2.26. The Morgan fingerprint density at radius 2 is 2.13 bits per heavy atom. The molecule has 3 heteroatoms. The van der Waals surface area contributed by atoms with E-state index in [0.717, 1.165) is 6.42 Å². The molecule has 1 aliphatic heterocycles. The topological polar surface area (TPSA) is 38.8 Å². The van der Waals surface area contributed by atoms with Gasteiger partial charge in [0.2, 0.25) is 0 Å². The molecule has 0 saturated carbocycles. The second kappa shape index (κ2) is 4.45. The van der Waals surface area contributed by atoms with Crippen LogP contribution in [-0.4, -0.2) is 24.8 Å². The predicted octanol–water partition coefficient (Wildman–Crippen LogP) is 1.56. The van der Waals surface area contributed by atoms with Gasteiger partial charge in [-0.1, -0.05) is 30.3 Å². The third kappa shape index (κ3) is 2.57. The number of epoxide rings is 1. The average Bonchev–Trinajstić information content (AvgIpc) is 2.99. The first-order valence-electron chi connectivity index (χ1n) is 5.17. The van der Waals surface area contributed by atoms with Crippen LogP contribution in [0.5, 0.6) is 0 Å². The first kappa shape index (κ1) is 10.2. The molecular weight excluding hydrogens is 192 g/mol. The monoisotopic (exact) mass is 206 g/mol. The molecule has 0 aromatic heterocycles. The van der Waals surface area contributed by atoms with Gasteiger partial charge < -0.3 is 9.47 Å². The van der Waals surface area contributed by atoms with E-state index in [4.69, 9.17) is 9.47 Å². The molecule has 1 aromatic carbocycles. The number of ether oxygens (including phenoxy) is 2. The summed E-state index contributed by atoms with van der Waals surface area (Å²) in [5.41, 5.74) is 1.19. The molecule has 2 rings (SSSR count). The lowest BCUT2D eigenvalue weighted by atomic mass is 10.1. The van der Waals surface area contributed by atoms with Crippen molar-refractivity contribution < 1.29 is 14.3 Å². The summed E-state index contributed by atoms with van der Waals surface area (Å²) in [6.45, 7) is 2.21. The average molecular weight is 206 g/mol. The quantitative estimate of drug-likeness (QED) is 0.554. The molecule has 1 saturated heterocycles. The molecule has 3 nitrogen and oxygen atoms in total. The van der Waals surface area contributed by atoms with Crippen LogP contribution in [0, 0.1) is 0 Å². The van der Waals surface area contributed by atoms with Crippen LogP contribution in [0.4, 0.5) is 0 Å². The van der Waals surface area contributed by atoms with Crippen molar-refractivity contribution in [3.8, 4) is 0 Å². The predicted molar refractivity (Wildman–Crippen MR) is 55.4 cm³/mol. The minimum Gasteiger partial charge on any atom is -0.464 e. The molecule has 80 valence electrons. The van der Waals surface area contributed by atoms with Crippen LogP contribution in [0.2, 0.25) is 0 Å². The third-order valence-electron chi connectivity index (χ3n) is 2.38. The number of hydrogen-bond donors (Lipinski definition) is 0. The lowest BCUT2D eigenvalue weighted by molar-refractivity contribution is -0.144. The van der Waals surface area contributed by atoms with Crippen molar-refractivity contribution >= 4 is 5.97 Å². The number of rotatable bonds is 4. The number of benzene rings is 1. The smallest absolute Gasteiger partial charge is 0.338 e.